The Morgan fingerprint density at radius 2 is 1.93 bits per heavy atom. The Hall–Kier alpha value is -3.01. The lowest BCUT2D eigenvalue weighted by Crippen LogP contribution is -2.50. The second-order valence-electron chi connectivity index (χ2n) is 7.77. The first-order valence-corrected chi connectivity index (χ1v) is 10.2. The van der Waals surface area contributed by atoms with Gasteiger partial charge >= 0.3 is 6.09 Å². The monoisotopic (exact) mass is 413 g/mol. The molecule has 2 N–H and O–H groups in total. The largest absolute Gasteiger partial charge is 0.444 e. The molecule has 1 amide bonds. The molecule has 1 saturated heterocycles. The number of aromatic nitrogens is 4. The van der Waals surface area contributed by atoms with Crippen LogP contribution >= 0.6 is 11.3 Å². The van der Waals surface area contributed by atoms with Gasteiger partial charge in [0, 0.05) is 44.1 Å². The van der Waals surface area contributed by atoms with Crippen molar-refractivity contribution in [3.05, 3.63) is 24.5 Å². The smallest absolute Gasteiger partial charge is 0.410 e. The summed E-state index contributed by atoms with van der Waals surface area (Å²) in [5, 5.41) is 0.821. The Balaban J connectivity index is 1.57. The number of rotatable bonds is 2. The number of nitrogens with zero attached hydrogens (tertiary/aromatic N) is 6. The lowest BCUT2D eigenvalue weighted by molar-refractivity contribution is 0.0240. The average Bonchev–Trinajstić information content (AvgIpc) is 3.11. The highest BCUT2D eigenvalue weighted by atomic mass is 32.1. The predicted molar refractivity (Wildman–Crippen MR) is 113 cm³/mol. The van der Waals surface area contributed by atoms with Crippen LogP contribution in [0.15, 0.2) is 24.5 Å². The normalized spacial score (nSPS) is 15.0. The van der Waals surface area contributed by atoms with E-state index in [9.17, 15) is 4.79 Å². The van der Waals surface area contributed by atoms with Crippen molar-refractivity contribution in [1.82, 2.24) is 24.8 Å². The molecule has 0 atom stereocenters. The Kier molecular flexibility index (Phi) is 4.95. The molecule has 4 heterocycles. The number of anilines is 2. The van der Waals surface area contributed by atoms with Crippen LogP contribution in [0.5, 0.6) is 0 Å². The summed E-state index contributed by atoms with van der Waals surface area (Å²) in [7, 11) is 0. The molecule has 3 aromatic heterocycles. The van der Waals surface area contributed by atoms with E-state index in [0.717, 1.165) is 15.4 Å². The predicted octanol–water partition coefficient (Wildman–Crippen LogP) is 2.79. The molecule has 0 aromatic carbocycles. The molecule has 1 fully saturated rings. The van der Waals surface area contributed by atoms with E-state index in [2.05, 4.69) is 19.9 Å². The zero-order valence-corrected chi connectivity index (χ0v) is 17.4. The van der Waals surface area contributed by atoms with Crippen molar-refractivity contribution in [2.24, 2.45) is 0 Å². The summed E-state index contributed by atoms with van der Waals surface area (Å²) in [6.45, 7) is 7.91. The topological polar surface area (TPSA) is 110 Å². The molecule has 1 aliphatic rings. The summed E-state index contributed by atoms with van der Waals surface area (Å²) in [6.07, 6.45) is 3.20. The van der Waals surface area contributed by atoms with Crippen LogP contribution in [-0.4, -0.2) is 62.7 Å². The summed E-state index contributed by atoms with van der Waals surface area (Å²) >= 11 is 1.46. The van der Waals surface area contributed by atoms with Gasteiger partial charge in [-0.05, 0) is 32.9 Å². The van der Waals surface area contributed by atoms with Crippen molar-refractivity contribution in [1.29, 1.82) is 0 Å². The van der Waals surface area contributed by atoms with Crippen molar-refractivity contribution >= 4 is 39.5 Å². The summed E-state index contributed by atoms with van der Waals surface area (Å²) in [5.74, 6) is 0.909. The first kappa shape index (κ1) is 19.3. The molecule has 0 radical (unpaired) electrons. The molecule has 9 nitrogen and oxygen atoms in total. The van der Waals surface area contributed by atoms with Gasteiger partial charge in [-0.1, -0.05) is 11.3 Å². The lowest BCUT2D eigenvalue weighted by atomic mass is 10.2. The van der Waals surface area contributed by atoms with Gasteiger partial charge in [0.15, 0.2) is 10.6 Å². The van der Waals surface area contributed by atoms with Gasteiger partial charge in [-0.15, -0.1) is 0 Å². The highest BCUT2D eigenvalue weighted by Crippen LogP contribution is 2.33. The summed E-state index contributed by atoms with van der Waals surface area (Å²) in [5.41, 5.74) is 7.09. The molecule has 0 saturated carbocycles. The van der Waals surface area contributed by atoms with Crippen LogP contribution in [-0.2, 0) is 4.74 Å². The molecular weight excluding hydrogens is 390 g/mol. The van der Waals surface area contributed by atoms with Gasteiger partial charge in [0.25, 0.3) is 0 Å². The highest BCUT2D eigenvalue weighted by molar-refractivity contribution is 7.21. The molecule has 3 aromatic rings. The number of ether oxygens (including phenoxy) is 1. The average molecular weight is 414 g/mol. The van der Waals surface area contributed by atoms with Gasteiger partial charge in [-0.2, -0.15) is 4.98 Å². The van der Waals surface area contributed by atoms with Gasteiger partial charge < -0.3 is 20.3 Å². The first-order valence-electron chi connectivity index (χ1n) is 9.37. The van der Waals surface area contributed by atoms with E-state index in [1.54, 1.807) is 17.3 Å². The maximum atomic E-state index is 12.3. The zero-order valence-electron chi connectivity index (χ0n) is 16.6. The van der Waals surface area contributed by atoms with E-state index in [4.69, 9.17) is 15.5 Å². The third-order valence-electron chi connectivity index (χ3n) is 4.40. The quantitative estimate of drug-likeness (QED) is 0.683. The van der Waals surface area contributed by atoms with Crippen LogP contribution in [0.2, 0.25) is 0 Å². The molecule has 0 unspecified atom stereocenters. The maximum Gasteiger partial charge on any atom is 0.410 e. The van der Waals surface area contributed by atoms with Crippen molar-refractivity contribution in [3.8, 4) is 10.6 Å². The van der Waals surface area contributed by atoms with Crippen LogP contribution in [0.1, 0.15) is 20.8 Å². The van der Waals surface area contributed by atoms with E-state index < -0.39 is 5.60 Å². The number of carbonyl (C=O) groups excluding carboxylic acids is 1. The van der Waals surface area contributed by atoms with Gasteiger partial charge in [0.2, 0.25) is 5.95 Å². The minimum Gasteiger partial charge on any atom is -0.444 e. The van der Waals surface area contributed by atoms with Gasteiger partial charge in [-0.25, -0.2) is 14.8 Å². The van der Waals surface area contributed by atoms with Gasteiger partial charge in [0.05, 0.1) is 0 Å². The van der Waals surface area contributed by atoms with Crippen molar-refractivity contribution in [2.45, 2.75) is 26.4 Å². The van der Waals surface area contributed by atoms with E-state index in [1.165, 1.54) is 11.3 Å². The molecule has 4 rings (SSSR count). The third kappa shape index (κ3) is 4.21. The van der Waals surface area contributed by atoms with E-state index >= 15 is 0 Å². The van der Waals surface area contributed by atoms with Crippen molar-refractivity contribution < 1.29 is 9.53 Å². The molecule has 152 valence electrons. The maximum absolute atomic E-state index is 12.3. The number of nitrogen functional groups attached to an aromatic ring is 1. The van der Waals surface area contributed by atoms with Gasteiger partial charge in [-0.3, -0.25) is 4.98 Å². The molecule has 29 heavy (non-hydrogen) atoms. The summed E-state index contributed by atoms with van der Waals surface area (Å²) in [4.78, 5) is 34.6. The van der Waals surface area contributed by atoms with Crippen LogP contribution in [0.4, 0.5) is 16.6 Å². The fourth-order valence-electron chi connectivity index (χ4n) is 3.08. The molecular formula is C19H23N7O2S. The number of thiazole rings is 1. The minimum atomic E-state index is -0.509. The number of piperazine rings is 1. The SMILES string of the molecule is CC(C)(C)OC(=O)N1CCN(c2nc(N)nc3sc(-c4cccnc4)nc23)CC1. The number of pyridine rings is 1. The molecule has 10 heteroatoms. The summed E-state index contributed by atoms with van der Waals surface area (Å²) in [6, 6.07) is 3.83. The second-order valence-corrected chi connectivity index (χ2v) is 8.75. The Bertz CT molecular complexity index is 1020. The molecule has 0 bridgehead atoms. The van der Waals surface area contributed by atoms with E-state index in [-0.39, 0.29) is 12.0 Å². The highest BCUT2D eigenvalue weighted by Gasteiger charge is 2.28. The minimum absolute atomic E-state index is 0.212. The Morgan fingerprint density at radius 3 is 2.59 bits per heavy atom. The van der Waals surface area contributed by atoms with Crippen LogP contribution < -0.4 is 10.6 Å². The van der Waals surface area contributed by atoms with Gasteiger partial charge in [0.1, 0.15) is 16.1 Å². The molecule has 0 spiro atoms. The van der Waals surface area contributed by atoms with Crippen LogP contribution in [0, 0.1) is 0 Å². The number of amides is 1. The number of nitrogens with two attached hydrogens (primary N) is 1. The Labute approximate surface area is 172 Å². The number of fused-ring (bicyclic) bond motifs is 1. The summed E-state index contributed by atoms with van der Waals surface area (Å²) < 4.78 is 5.47. The zero-order chi connectivity index (χ0) is 20.6. The first-order chi connectivity index (χ1) is 13.8. The second kappa shape index (κ2) is 7.43. The lowest BCUT2D eigenvalue weighted by Gasteiger charge is -2.36. The fraction of sp³-hybridized carbons (Fsp3) is 0.421. The van der Waals surface area contributed by atoms with Crippen LogP contribution in [0.25, 0.3) is 20.9 Å². The molecule has 0 aliphatic carbocycles. The number of hydrogen-bond acceptors (Lipinski definition) is 9. The number of hydrogen-bond donors (Lipinski definition) is 1. The van der Waals surface area contributed by atoms with Crippen LogP contribution in [0.3, 0.4) is 0 Å². The number of carbonyl (C=O) groups is 1. The van der Waals surface area contributed by atoms with E-state index in [1.807, 2.05) is 32.9 Å². The van der Waals surface area contributed by atoms with Crippen molar-refractivity contribution in [3.63, 3.8) is 0 Å². The molecule has 1 aliphatic heterocycles. The fourth-order valence-corrected chi connectivity index (χ4v) is 4.02. The third-order valence-corrected chi connectivity index (χ3v) is 5.40. The van der Waals surface area contributed by atoms with E-state index in [0.29, 0.717) is 37.5 Å². The standard InChI is InChI=1S/C19H23N7O2S/c1-19(2,3)28-18(27)26-9-7-25(8-10-26)14-13-16(24-17(20)23-14)29-15(22-13)12-5-4-6-21-11-12/h4-6,11H,7-10H2,1-3H3,(H2,20,23,24). The van der Waals surface area contributed by atoms with Crippen molar-refractivity contribution in [2.75, 3.05) is 36.8 Å². The Morgan fingerprint density at radius 1 is 1.17 bits per heavy atom.